The van der Waals surface area contributed by atoms with E-state index < -0.39 is 82.7 Å². The Morgan fingerprint density at radius 1 is 1.14 bits per heavy atom. The number of rotatable bonds is 15. The van der Waals surface area contributed by atoms with Gasteiger partial charge >= 0.3 is 20.1 Å². The van der Waals surface area contributed by atoms with Gasteiger partial charge in [-0.25, -0.2) is 42.5 Å². The molecule has 0 aliphatic carbocycles. The van der Waals surface area contributed by atoms with Gasteiger partial charge in [-0.3, -0.25) is 9.09 Å². The fourth-order valence-corrected chi connectivity index (χ4v) is 4.93. The summed E-state index contributed by atoms with van der Waals surface area (Å²) >= 11 is 0. The van der Waals surface area contributed by atoms with E-state index in [9.17, 15) is 28.8 Å². The molecule has 0 spiro atoms. The molecule has 3 N–H and O–H groups in total. The summed E-state index contributed by atoms with van der Waals surface area (Å²) in [6, 6.07) is 0. The standard InChI is InChI=1S/C24H37FN5O13P/c1-7-26-17-16-18(28-10-27-17)30(11-29-16)20-23(6,34)19(31)24(8-25,43-20)9-38-44(35,39-12-36-21(32)41-14(2)3)40-13-37-22(33)42-15(4)5/h10-11,14-15,19-20,31,34H,7-9,12-13H2,1-6H3,(H,26,27,28)/t19-,20+,23+,24+/m0/s1/i1T. The predicted molar refractivity (Wildman–Crippen MR) is 146 cm³/mol. The fourth-order valence-electron chi connectivity index (χ4n) is 3.97. The number of fused-ring (bicyclic) bond motifs is 1. The summed E-state index contributed by atoms with van der Waals surface area (Å²) in [7, 11) is -4.88. The van der Waals surface area contributed by atoms with Crippen molar-refractivity contribution in [3.05, 3.63) is 12.7 Å². The van der Waals surface area contributed by atoms with Crippen molar-refractivity contribution in [3.8, 4) is 0 Å². The highest BCUT2D eigenvalue weighted by molar-refractivity contribution is 7.48. The second kappa shape index (κ2) is 14.7. The van der Waals surface area contributed by atoms with Gasteiger partial charge in [0.05, 0.1) is 25.1 Å². The fraction of sp³-hybridized carbons (Fsp3) is 0.708. The Morgan fingerprint density at radius 3 is 2.30 bits per heavy atom. The first kappa shape index (κ1) is 33.7. The number of aromatic nitrogens is 4. The van der Waals surface area contributed by atoms with Crippen molar-refractivity contribution >= 4 is 37.1 Å². The quantitative estimate of drug-likeness (QED) is 0.143. The number of carbonyl (C=O) groups is 2. The van der Waals surface area contributed by atoms with Crippen molar-refractivity contribution in [1.29, 1.82) is 0 Å². The SMILES string of the molecule is [3H]CCNc1ncnc2c1ncn2[C@@H]1O[C@](CF)(COP(=O)(OCOC(=O)OC(C)C)OCOC(=O)OC(C)C)[C@@H](O)[C@@]1(C)O. The molecule has 1 fully saturated rings. The van der Waals surface area contributed by atoms with E-state index in [2.05, 4.69) is 29.7 Å². The van der Waals surface area contributed by atoms with Crippen LogP contribution in [0.25, 0.3) is 11.2 Å². The van der Waals surface area contributed by atoms with Gasteiger partial charge in [-0.2, -0.15) is 0 Å². The molecule has 3 rings (SSSR count). The molecule has 20 heteroatoms. The normalized spacial score (nSPS) is 24.0. The van der Waals surface area contributed by atoms with Crippen LogP contribution in [0, 0.1) is 0 Å². The Bertz CT molecular complexity index is 1320. The molecule has 0 amide bonds. The van der Waals surface area contributed by atoms with Crippen LogP contribution in [0.2, 0.25) is 0 Å². The Balaban J connectivity index is 1.81. The average Bonchev–Trinajstić information content (AvgIpc) is 3.47. The topological polar surface area (TPSA) is 221 Å². The minimum Gasteiger partial charge on any atom is -0.432 e. The Hall–Kier alpha value is -3.19. The van der Waals surface area contributed by atoms with E-state index in [4.69, 9.17) is 29.2 Å². The van der Waals surface area contributed by atoms with E-state index >= 15 is 0 Å². The summed E-state index contributed by atoms with van der Waals surface area (Å²) in [6.45, 7) is 3.06. The lowest BCUT2D eigenvalue weighted by Gasteiger charge is -2.31. The number of hydrogen-bond donors (Lipinski definition) is 3. The first-order chi connectivity index (χ1) is 21.2. The van der Waals surface area contributed by atoms with Crippen molar-refractivity contribution in [1.82, 2.24) is 19.5 Å². The van der Waals surface area contributed by atoms with Crippen LogP contribution in [0.15, 0.2) is 12.7 Å². The van der Waals surface area contributed by atoms with Crippen LogP contribution >= 0.6 is 7.82 Å². The number of carbonyl (C=O) groups excluding carboxylic acids is 2. The summed E-state index contributed by atoms with van der Waals surface area (Å²) < 4.78 is 76.6. The van der Waals surface area contributed by atoms with Gasteiger partial charge in [-0.1, -0.05) is 0 Å². The lowest BCUT2D eigenvalue weighted by Crippen LogP contribution is -2.53. The number of phosphoric ester groups is 1. The highest BCUT2D eigenvalue weighted by Crippen LogP contribution is 2.53. The lowest BCUT2D eigenvalue weighted by molar-refractivity contribution is -0.139. The molecule has 248 valence electrons. The summed E-state index contributed by atoms with van der Waals surface area (Å²) in [4.78, 5) is 35.9. The molecule has 0 bridgehead atoms. The average molecular weight is 656 g/mol. The van der Waals surface area contributed by atoms with E-state index in [1.807, 2.05) is 0 Å². The van der Waals surface area contributed by atoms with E-state index in [1.54, 1.807) is 27.7 Å². The van der Waals surface area contributed by atoms with Crippen molar-refractivity contribution < 1.29 is 67.4 Å². The van der Waals surface area contributed by atoms with Crippen LogP contribution in [0.4, 0.5) is 19.8 Å². The molecular weight excluding hydrogens is 616 g/mol. The number of halogens is 1. The predicted octanol–water partition coefficient (Wildman–Crippen LogP) is 2.80. The molecule has 44 heavy (non-hydrogen) atoms. The van der Waals surface area contributed by atoms with Gasteiger partial charge in [0.1, 0.15) is 24.7 Å². The van der Waals surface area contributed by atoms with Crippen LogP contribution in [-0.4, -0.2) is 105 Å². The smallest absolute Gasteiger partial charge is 0.432 e. The molecule has 4 atom stereocenters. The highest BCUT2D eigenvalue weighted by Gasteiger charge is 2.63. The Morgan fingerprint density at radius 2 is 1.75 bits per heavy atom. The molecule has 0 aromatic carbocycles. The molecule has 1 aliphatic rings. The number of nitrogens with zero attached hydrogens (tertiary/aromatic N) is 4. The van der Waals surface area contributed by atoms with E-state index in [-0.39, 0.29) is 24.6 Å². The number of nitrogens with one attached hydrogen (secondary N) is 1. The Labute approximate surface area is 253 Å². The number of phosphoric acid groups is 1. The maximum Gasteiger partial charge on any atom is 0.510 e. The van der Waals surface area contributed by atoms with Gasteiger partial charge in [0.2, 0.25) is 13.6 Å². The van der Waals surface area contributed by atoms with Gasteiger partial charge in [0.15, 0.2) is 28.8 Å². The van der Waals surface area contributed by atoms with Gasteiger partial charge in [-0.05, 0) is 41.5 Å². The van der Waals surface area contributed by atoms with E-state index in [1.165, 1.54) is 24.1 Å². The summed E-state index contributed by atoms with van der Waals surface area (Å²) in [6.07, 6.45) is -4.57. The minimum absolute atomic E-state index is 0.0530. The number of aliphatic hydroxyl groups is 2. The monoisotopic (exact) mass is 655 g/mol. The third-order valence-corrected chi connectivity index (χ3v) is 7.22. The largest absolute Gasteiger partial charge is 0.510 e. The number of anilines is 1. The van der Waals surface area contributed by atoms with Crippen LogP contribution in [0.5, 0.6) is 0 Å². The van der Waals surface area contributed by atoms with Crippen LogP contribution in [0.3, 0.4) is 0 Å². The molecule has 1 aliphatic heterocycles. The number of imidazole rings is 1. The first-order valence-electron chi connectivity index (χ1n) is 13.9. The third-order valence-electron chi connectivity index (χ3n) is 5.93. The van der Waals surface area contributed by atoms with Crippen molar-refractivity contribution in [3.63, 3.8) is 0 Å². The molecule has 1 saturated heterocycles. The molecule has 3 heterocycles. The van der Waals surface area contributed by atoms with Crippen LogP contribution in [-0.2, 0) is 41.8 Å². The summed E-state index contributed by atoms with van der Waals surface area (Å²) in [5.41, 5.74) is -4.20. The number of ether oxygens (including phenoxy) is 5. The molecular formula is C24H37FN5O13P. The highest BCUT2D eigenvalue weighted by atomic mass is 31.2. The van der Waals surface area contributed by atoms with Gasteiger partial charge < -0.3 is 39.2 Å². The van der Waals surface area contributed by atoms with Crippen LogP contribution in [0.1, 0.15) is 49.1 Å². The number of hydrogen-bond acceptors (Lipinski definition) is 17. The zero-order valence-electron chi connectivity index (χ0n) is 25.7. The van der Waals surface area contributed by atoms with Crippen molar-refractivity contribution in [2.75, 3.05) is 38.7 Å². The van der Waals surface area contributed by atoms with E-state index in [0.29, 0.717) is 5.82 Å². The van der Waals surface area contributed by atoms with Crippen LogP contribution < -0.4 is 5.32 Å². The van der Waals surface area contributed by atoms with Gasteiger partial charge in [-0.15, -0.1) is 0 Å². The second-order valence-corrected chi connectivity index (χ2v) is 11.8. The summed E-state index contributed by atoms with van der Waals surface area (Å²) in [5, 5.41) is 25.3. The minimum atomic E-state index is -4.88. The summed E-state index contributed by atoms with van der Waals surface area (Å²) in [5.74, 6) is 0.290. The van der Waals surface area contributed by atoms with Gasteiger partial charge in [0.25, 0.3) is 0 Å². The van der Waals surface area contributed by atoms with E-state index in [0.717, 1.165) is 0 Å². The van der Waals surface area contributed by atoms with Gasteiger partial charge in [0, 0.05) is 7.92 Å². The molecule has 0 saturated carbocycles. The third kappa shape index (κ3) is 8.29. The number of alkyl halides is 1. The number of aliphatic hydroxyl groups excluding tert-OH is 1. The first-order valence-corrected chi connectivity index (χ1v) is 14.7. The second-order valence-electron chi connectivity index (χ2n) is 10.1. The maximum atomic E-state index is 14.7. The Kier molecular flexibility index (Phi) is 11.3. The lowest BCUT2D eigenvalue weighted by atomic mass is 9.88. The zero-order valence-corrected chi connectivity index (χ0v) is 25.6. The zero-order chi connectivity index (χ0) is 33.4. The van der Waals surface area contributed by atoms with Crippen molar-refractivity contribution in [2.24, 2.45) is 0 Å². The molecule has 18 nitrogen and oxygen atoms in total. The van der Waals surface area contributed by atoms with Crippen molar-refractivity contribution in [2.45, 2.75) is 77.3 Å². The molecule has 2 aromatic rings. The molecule has 0 radical (unpaired) electrons. The maximum absolute atomic E-state index is 14.7. The molecule has 2 aromatic heterocycles. The molecule has 0 unspecified atom stereocenters.